The zero-order valence-electron chi connectivity index (χ0n) is 19.1. The monoisotopic (exact) mass is 536 g/mol. The van der Waals surface area contributed by atoms with E-state index in [0.717, 1.165) is 45.0 Å². The number of aryl methyl sites for hydroxylation is 1. The molecule has 1 N–H and O–H groups in total. The van der Waals surface area contributed by atoms with E-state index in [0.29, 0.717) is 30.7 Å². The number of nitrogens with zero attached hydrogens (tertiary/aromatic N) is 5. The lowest BCUT2D eigenvalue weighted by molar-refractivity contribution is 0.0214. The summed E-state index contributed by atoms with van der Waals surface area (Å²) in [5, 5.41) is 7.25. The maximum absolute atomic E-state index is 12.4. The molecule has 1 aliphatic heterocycles. The molecule has 2 heterocycles. The Hall–Kier alpha value is -1.59. The molecule has 1 aromatic rings. The van der Waals surface area contributed by atoms with Crippen molar-refractivity contribution < 1.29 is 14.1 Å². The van der Waals surface area contributed by atoms with Crippen molar-refractivity contribution in [3.63, 3.8) is 0 Å². The molecule has 9 nitrogen and oxygen atoms in total. The molecule has 1 amide bonds. The van der Waals surface area contributed by atoms with Gasteiger partial charge in [0, 0.05) is 39.6 Å². The topological polar surface area (TPSA) is 96.1 Å². The van der Waals surface area contributed by atoms with E-state index < -0.39 is 5.60 Å². The Morgan fingerprint density at radius 3 is 2.50 bits per heavy atom. The fourth-order valence-electron chi connectivity index (χ4n) is 3.28. The van der Waals surface area contributed by atoms with Crippen molar-refractivity contribution in [1.29, 1.82) is 0 Å². The standard InChI is InChI=1S/C20H36N6O3.HI/c1-7-21-18(22-13-17-23-15(3)29-24-17)26-11-9-16(10-12-26)14-25(8-2)19(27)28-20(4,5)6;/h16H,7-14H2,1-6H3,(H,21,22);1H. The van der Waals surface area contributed by atoms with Gasteiger partial charge in [-0.2, -0.15) is 4.98 Å². The molecule has 0 bridgehead atoms. The zero-order valence-corrected chi connectivity index (χ0v) is 21.4. The maximum Gasteiger partial charge on any atom is 0.410 e. The number of carbonyl (C=O) groups is 1. The first kappa shape index (κ1) is 26.4. The number of aromatic nitrogens is 2. The third-order valence-electron chi connectivity index (χ3n) is 4.70. The van der Waals surface area contributed by atoms with Crippen molar-refractivity contribution in [1.82, 2.24) is 25.3 Å². The van der Waals surface area contributed by atoms with E-state index in [2.05, 4.69) is 32.3 Å². The molecule has 0 saturated carbocycles. The van der Waals surface area contributed by atoms with E-state index in [-0.39, 0.29) is 30.1 Å². The second-order valence-electron chi connectivity index (χ2n) is 8.35. The third kappa shape index (κ3) is 8.65. The van der Waals surface area contributed by atoms with Crippen molar-refractivity contribution in [2.24, 2.45) is 10.9 Å². The van der Waals surface area contributed by atoms with Crippen LogP contribution in [0.15, 0.2) is 9.52 Å². The van der Waals surface area contributed by atoms with Gasteiger partial charge in [-0.15, -0.1) is 24.0 Å². The fourth-order valence-corrected chi connectivity index (χ4v) is 3.28. The molecule has 10 heteroatoms. The van der Waals surface area contributed by atoms with Gasteiger partial charge in [-0.1, -0.05) is 5.16 Å². The normalized spacial score (nSPS) is 15.5. The molecular formula is C20H37IN6O3. The largest absolute Gasteiger partial charge is 0.444 e. The van der Waals surface area contributed by atoms with E-state index in [1.54, 1.807) is 6.92 Å². The number of guanidine groups is 1. The van der Waals surface area contributed by atoms with Crippen molar-refractivity contribution >= 4 is 36.0 Å². The molecule has 1 fully saturated rings. The summed E-state index contributed by atoms with van der Waals surface area (Å²) in [6, 6.07) is 0. The number of hydrogen-bond donors (Lipinski definition) is 1. The summed E-state index contributed by atoms with van der Waals surface area (Å²) in [4.78, 5) is 25.3. The summed E-state index contributed by atoms with van der Waals surface area (Å²) in [5.74, 6) is 2.46. The fraction of sp³-hybridized carbons (Fsp3) is 0.800. The van der Waals surface area contributed by atoms with Gasteiger partial charge in [0.1, 0.15) is 12.1 Å². The molecule has 0 unspecified atom stereocenters. The Balaban J connectivity index is 0.00000450. The van der Waals surface area contributed by atoms with Gasteiger partial charge in [-0.25, -0.2) is 9.79 Å². The van der Waals surface area contributed by atoms with Crippen LogP contribution in [-0.4, -0.2) is 70.3 Å². The van der Waals surface area contributed by atoms with E-state index in [1.807, 2.05) is 32.6 Å². The van der Waals surface area contributed by atoms with Crippen LogP contribution >= 0.6 is 24.0 Å². The molecule has 30 heavy (non-hydrogen) atoms. The predicted octanol–water partition coefficient (Wildman–Crippen LogP) is 3.43. The van der Waals surface area contributed by atoms with Crippen LogP contribution in [0.2, 0.25) is 0 Å². The Morgan fingerprint density at radius 2 is 2.00 bits per heavy atom. The first-order valence-electron chi connectivity index (χ1n) is 10.5. The first-order chi connectivity index (χ1) is 13.7. The summed E-state index contributed by atoms with van der Waals surface area (Å²) in [5.41, 5.74) is -0.470. The first-order valence-corrected chi connectivity index (χ1v) is 10.5. The SMILES string of the molecule is CCNC(=NCc1noc(C)n1)N1CCC(CN(CC)C(=O)OC(C)(C)C)CC1.I. The molecule has 0 atom stereocenters. The van der Waals surface area contributed by atoms with Crippen molar-refractivity contribution in [2.45, 2.75) is 66.5 Å². The number of halogens is 1. The Kier molecular flexibility index (Phi) is 10.9. The number of piperidine rings is 1. The lowest BCUT2D eigenvalue weighted by Gasteiger charge is -2.36. The lowest BCUT2D eigenvalue weighted by Crippen LogP contribution is -2.47. The molecule has 1 aliphatic rings. The highest BCUT2D eigenvalue weighted by molar-refractivity contribution is 14.0. The number of aliphatic imine (C=N–C) groups is 1. The van der Waals surface area contributed by atoms with Gasteiger partial charge in [0.15, 0.2) is 11.8 Å². The minimum absolute atomic E-state index is 0. The number of rotatable bonds is 6. The average molecular weight is 536 g/mol. The predicted molar refractivity (Wildman–Crippen MR) is 127 cm³/mol. The van der Waals surface area contributed by atoms with Crippen LogP contribution in [0.25, 0.3) is 0 Å². The van der Waals surface area contributed by atoms with E-state index in [4.69, 9.17) is 9.26 Å². The highest BCUT2D eigenvalue weighted by Gasteiger charge is 2.27. The molecule has 2 rings (SSSR count). The van der Waals surface area contributed by atoms with Crippen LogP contribution in [0, 0.1) is 12.8 Å². The number of hydrogen-bond acceptors (Lipinski definition) is 6. The molecular weight excluding hydrogens is 499 g/mol. The smallest absolute Gasteiger partial charge is 0.410 e. The van der Waals surface area contributed by atoms with Crippen molar-refractivity contribution in [3.05, 3.63) is 11.7 Å². The molecule has 0 radical (unpaired) electrons. The summed E-state index contributed by atoms with van der Waals surface area (Å²) in [7, 11) is 0. The highest BCUT2D eigenvalue weighted by Crippen LogP contribution is 2.20. The zero-order chi connectivity index (χ0) is 21.4. The van der Waals surface area contributed by atoms with Gasteiger partial charge in [0.25, 0.3) is 0 Å². The van der Waals surface area contributed by atoms with Gasteiger partial charge in [-0.3, -0.25) is 0 Å². The number of nitrogens with one attached hydrogen (secondary N) is 1. The van der Waals surface area contributed by atoms with Gasteiger partial charge in [0.05, 0.1) is 0 Å². The number of carbonyl (C=O) groups excluding carboxylic acids is 1. The van der Waals surface area contributed by atoms with E-state index in [9.17, 15) is 4.79 Å². The van der Waals surface area contributed by atoms with Crippen molar-refractivity contribution in [2.75, 3.05) is 32.7 Å². The maximum atomic E-state index is 12.4. The van der Waals surface area contributed by atoms with Gasteiger partial charge < -0.3 is 24.4 Å². The van der Waals surface area contributed by atoms with Crippen molar-refractivity contribution in [3.8, 4) is 0 Å². The van der Waals surface area contributed by atoms with Gasteiger partial charge in [0.2, 0.25) is 5.89 Å². The molecule has 172 valence electrons. The van der Waals surface area contributed by atoms with Crippen LogP contribution in [0.5, 0.6) is 0 Å². The number of likely N-dealkylation sites (tertiary alicyclic amines) is 1. The van der Waals surface area contributed by atoms with Crippen LogP contribution in [0.1, 0.15) is 59.2 Å². The molecule has 0 aromatic carbocycles. The van der Waals surface area contributed by atoms with Crippen LogP contribution in [0.3, 0.4) is 0 Å². The van der Waals surface area contributed by atoms with Crippen LogP contribution in [-0.2, 0) is 11.3 Å². The van der Waals surface area contributed by atoms with E-state index >= 15 is 0 Å². The Labute approximate surface area is 197 Å². The summed E-state index contributed by atoms with van der Waals surface area (Å²) in [6.45, 7) is 15.9. The summed E-state index contributed by atoms with van der Waals surface area (Å²) >= 11 is 0. The highest BCUT2D eigenvalue weighted by atomic mass is 127. The average Bonchev–Trinajstić information content (AvgIpc) is 3.07. The van der Waals surface area contributed by atoms with Crippen LogP contribution in [0.4, 0.5) is 4.79 Å². The quantitative estimate of drug-likeness (QED) is 0.338. The third-order valence-corrected chi connectivity index (χ3v) is 4.70. The minimum atomic E-state index is -0.470. The second-order valence-corrected chi connectivity index (χ2v) is 8.35. The number of ether oxygens (including phenoxy) is 1. The summed E-state index contributed by atoms with van der Waals surface area (Å²) < 4.78 is 10.5. The molecule has 0 spiro atoms. The molecule has 0 aliphatic carbocycles. The number of amides is 1. The van der Waals surface area contributed by atoms with Crippen LogP contribution < -0.4 is 5.32 Å². The lowest BCUT2D eigenvalue weighted by atomic mass is 9.96. The summed E-state index contributed by atoms with van der Waals surface area (Å²) in [6.07, 6.45) is 1.78. The molecule has 1 aromatic heterocycles. The minimum Gasteiger partial charge on any atom is -0.444 e. The second kappa shape index (κ2) is 12.3. The molecule has 1 saturated heterocycles. The Morgan fingerprint density at radius 1 is 1.33 bits per heavy atom. The Bertz CT molecular complexity index is 680. The van der Waals surface area contributed by atoms with Gasteiger partial charge in [-0.05, 0) is 53.4 Å². The van der Waals surface area contributed by atoms with E-state index in [1.165, 1.54) is 0 Å². The van der Waals surface area contributed by atoms with Gasteiger partial charge >= 0.3 is 6.09 Å².